The van der Waals surface area contributed by atoms with Crippen molar-refractivity contribution in [3.63, 3.8) is 0 Å². The van der Waals surface area contributed by atoms with E-state index in [1.54, 1.807) is 6.92 Å². The van der Waals surface area contributed by atoms with Gasteiger partial charge >= 0.3 is 5.97 Å². The van der Waals surface area contributed by atoms with Gasteiger partial charge in [-0.2, -0.15) is 0 Å². The van der Waals surface area contributed by atoms with Crippen LogP contribution >= 0.6 is 0 Å². The highest BCUT2D eigenvalue weighted by Crippen LogP contribution is 2.32. The number of carbonyl (C=O) groups is 1. The lowest BCUT2D eigenvalue weighted by atomic mass is 10.2. The van der Waals surface area contributed by atoms with Crippen LogP contribution in [0.25, 0.3) is 0 Å². The first-order valence-corrected chi connectivity index (χ1v) is 4.61. The third-order valence-corrected chi connectivity index (χ3v) is 2.55. The van der Waals surface area contributed by atoms with Gasteiger partial charge < -0.3 is 10.4 Å². The number of rotatable bonds is 5. The van der Waals surface area contributed by atoms with Crippen molar-refractivity contribution >= 4 is 5.97 Å². The molecule has 12 heavy (non-hydrogen) atoms. The molecule has 3 atom stereocenters. The maximum Gasteiger partial charge on any atom is 0.307 e. The Morgan fingerprint density at radius 2 is 2.42 bits per heavy atom. The first-order chi connectivity index (χ1) is 5.65. The van der Waals surface area contributed by atoms with E-state index in [0.29, 0.717) is 12.6 Å². The smallest absolute Gasteiger partial charge is 0.307 e. The van der Waals surface area contributed by atoms with Gasteiger partial charge in [-0.15, -0.1) is 0 Å². The fraction of sp³-hybridized carbons (Fsp3) is 0.889. The van der Waals surface area contributed by atoms with Crippen molar-refractivity contribution in [1.29, 1.82) is 0 Å². The SMILES string of the molecule is CCC1CC1NCC(C)C(=O)O. The van der Waals surface area contributed by atoms with Gasteiger partial charge in [-0.25, -0.2) is 0 Å². The van der Waals surface area contributed by atoms with E-state index in [4.69, 9.17) is 5.11 Å². The van der Waals surface area contributed by atoms with E-state index >= 15 is 0 Å². The Morgan fingerprint density at radius 3 is 2.83 bits per heavy atom. The molecule has 0 aromatic rings. The Balaban J connectivity index is 2.07. The van der Waals surface area contributed by atoms with Crippen LogP contribution in [0.5, 0.6) is 0 Å². The summed E-state index contributed by atoms with van der Waals surface area (Å²) in [7, 11) is 0. The van der Waals surface area contributed by atoms with Crippen molar-refractivity contribution in [3.05, 3.63) is 0 Å². The molecular weight excluding hydrogens is 154 g/mol. The summed E-state index contributed by atoms with van der Waals surface area (Å²) in [6.07, 6.45) is 2.43. The van der Waals surface area contributed by atoms with Crippen LogP contribution in [-0.4, -0.2) is 23.7 Å². The van der Waals surface area contributed by atoms with Crippen molar-refractivity contribution in [2.24, 2.45) is 11.8 Å². The largest absolute Gasteiger partial charge is 0.481 e. The van der Waals surface area contributed by atoms with Crippen LogP contribution in [-0.2, 0) is 4.79 Å². The second kappa shape index (κ2) is 3.90. The highest BCUT2D eigenvalue weighted by Gasteiger charge is 2.34. The van der Waals surface area contributed by atoms with Crippen LogP contribution in [0.4, 0.5) is 0 Å². The van der Waals surface area contributed by atoms with E-state index in [-0.39, 0.29) is 5.92 Å². The Morgan fingerprint density at radius 1 is 1.75 bits per heavy atom. The number of hydrogen-bond acceptors (Lipinski definition) is 2. The van der Waals surface area contributed by atoms with E-state index in [2.05, 4.69) is 12.2 Å². The van der Waals surface area contributed by atoms with Crippen molar-refractivity contribution < 1.29 is 9.90 Å². The lowest BCUT2D eigenvalue weighted by molar-refractivity contribution is -0.140. The molecule has 0 aliphatic heterocycles. The predicted molar refractivity (Wildman–Crippen MR) is 47.0 cm³/mol. The van der Waals surface area contributed by atoms with Crippen LogP contribution in [0.3, 0.4) is 0 Å². The summed E-state index contributed by atoms with van der Waals surface area (Å²) in [4.78, 5) is 10.4. The molecule has 0 saturated heterocycles. The van der Waals surface area contributed by atoms with Crippen molar-refractivity contribution in [2.75, 3.05) is 6.54 Å². The highest BCUT2D eigenvalue weighted by atomic mass is 16.4. The molecule has 0 aromatic heterocycles. The van der Waals surface area contributed by atoms with Gasteiger partial charge in [0.25, 0.3) is 0 Å². The van der Waals surface area contributed by atoms with E-state index in [0.717, 1.165) is 5.92 Å². The molecule has 2 N–H and O–H groups in total. The van der Waals surface area contributed by atoms with Crippen LogP contribution in [0.2, 0.25) is 0 Å². The molecule has 0 bridgehead atoms. The van der Waals surface area contributed by atoms with Gasteiger partial charge in [0.15, 0.2) is 0 Å². The van der Waals surface area contributed by atoms with Crippen molar-refractivity contribution in [1.82, 2.24) is 5.32 Å². The van der Waals surface area contributed by atoms with Crippen molar-refractivity contribution in [3.8, 4) is 0 Å². The molecule has 1 aliphatic carbocycles. The Labute approximate surface area is 73.2 Å². The average molecular weight is 171 g/mol. The predicted octanol–water partition coefficient (Wildman–Crippen LogP) is 1.10. The zero-order chi connectivity index (χ0) is 9.14. The van der Waals surface area contributed by atoms with Crippen LogP contribution < -0.4 is 5.32 Å². The first kappa shape index (κ1) is 9.52. The molecule has 0 spiro atoms. The molecule has 3 unspecified atom stereocenters. The third kappa shape index (κ3) is 2.48. The third-order valence-electron chi connectivity index (χ3n) is 2.55. The normalized spacial score (nSPS) is 29.8. The summed E-state index contributed by atoms with van der Waals surface area (Å²) in [6.45, 7) is 4.52. The molecule has 1 aliphatic rings. The van der Waals surface area contributed by atoms with Crippen molar-refractivity contribution in [2.45, 2.75) is 32.7 Å². The van der Waals surface area contributed by atoms with Gasteiger partial charge in [0.2, 0.25) is 0 Å². The molecule has 3 heteroatoms. The molecule has 70 valence electrons. The van der Waals surface area contributed by atoms with Gasteiger partial charge in [-0.3, -0.25) is 4.79 Å². The molecule has 1 rings (SSSR count). The molecule has 0 heterocycles. The molecule has 0 aromatic carbocycles. The quantitative estimate of drug-likeness (QED) is 0.651. The summed E-state index contributed by atoms with van der Waals surface area (Å²) < 4.78 is 0. The van der Waals surface area contributed by atoms with E-state index in [1.165, 1.54) is 12.8 Å². The summed E-state index contributed by atoms with van der Waals surface area (Å²) in [5, 5.41) is 11.9. The first-order valence-electron chi connectivity index (χ1n) is 4.61. The Hall–Kier alpha value is -0.570. The molecular formula is C9H17NO2. The molecule has 0 amide bonds. The minimum atomic E-state index is -0.712. The second-order valence-electron chi connectivity index (χ2n) is 3.66. The Bertz CT molecular complexity index is 170. The summed E-state index contributed by atoms with van der Waals surface area (Å²) in [5.41, 5.74) is 0. The molecule has 1 saturated carbocycles. The fourth-order valence-corrected chi connectivity index (χ4v) is 1.36. The summed E-state index contributed by atoms with van der Waals surface area (Å²) >= 11 is 0. The second-order valence-corrected chi connectivity index (χ2v) is 3.66. The minimum absolute atomic E-state index is 0.261. The van der Waals surface area contributed by atoms with Gasteiger partial charge in [0.05, 0.1) is 5.92 Å². The average Bonchev–Trinajstić information content (AvgIpc) is 2.78. The van der Waals surface area contributed by atoms with Gasteiger partial charge in [0.1, 0.15) is 0 Å². The molecule has 0 radical (unpaired) electrons. The monoisotopic (exact) mass is 171 g/mol. The van der Waals surface area contributed by atoms with E-state index in [9.17, 15) is 4.79 Å². The molecule has 3 nitrogen and oxygen atoms in total. The zero-order valence-corrected chi connectivity index (χ0v) is 7.71. The zero-order valence-electron chi connectivity index (χ0n) is 7.71. The van der Waals surface area contributed by atoms with Crippen LogP contribution in [0, 0.1) is 11.8 Å². The number of aliphatic carboxylic acids is 1. The van der Waals surface area contributed by atoms with Crippen LogP contribution in [0.15, 0.2) is 0 Å². The maximum atomic E-state index is 10.4. The Kier molecular flexibility index (Phi) is 3.09. The number of nitrogens with one attached hydrogen (secondary N) is 1. The van der Waals surface area contributed by atoms with Crippen LogP contribution in [0.1, 0.15) is 26.7 Å². The topological polar surface area (TPSA) is 49.3 Å². The number of carboxylic acid groups (broad SMARTS) is 1. The van der Waals surface area contributed by atoms with Gasteiger partial charge in [-0.05, 0) is 12.3 Å². The highest BCUT2D eigenvalue weighted by molar-refractivity contribution is 5.69. The number of carboxylic acids is 1. The minimum Gasteiger partial charge on any atom is -0.481 e. The standard InChI is InChI=1S/C9H17NO2/c1-3-7-4-8(7)10-5-6(2)9(11)12/h6-8,10H,3-5H2,1-2H3,(H,11,12). The summed E-state index contributed by atoms with van der Waals surface area (Å²) in [6, 6.07) is 0.594. The maximum absolute atomic E-state index is 10.4. The lowest BCUT2D eigenvalue weighted by Crippen LogP contribution is -2.28. The molecule has 1 fully saturated rings. The van der Waals surface area contributed by atoms with Gasteiger partial charge in [0, 0.05) is 12.6 Å². The lowest BCUT2D eigenvalue weighted by Gasteiger charge is -2.06. The van der Waals surface area contributed by atoms with E-state index in [1.807, 2.05) is 0 Å². The number of hydrogen-bond donors (Lipinski definition) is 2. The fourth-order valence-electron chi connectivity index (χ4n) is 1.36. The van der Waals surface area contributed by atoms with E-state index < -0.39 is 5.97 Å². The summed E-state index contributed by atoms with van der Waals surface area (Å²) in [5.74, 6) is -0.176. The van der Waals surface area contributed by atoms with Gasteiger partial charge in [-0.1, -0.05) is 20.3 Å².